The number of benzene rings is 1. The number of hydrogen-bond donors (Lipinski definition) is 1. The summed E-state index contributed by atoms with van der Waals surface area (Å²) in [5.74, 6) is 2.12. The van der Waals surface area contributed by atoms with Gasteiger partial charge in [-0.1, -0.05) is 6.92 Å². The lowest BCUT2D eigenvalue weighted by Gasteiger charge is -2.36. The molecule has 0 spiro atoms. The zero-order valence-electron chi connectivity index (χ0n) is 12.5. The Morgan fingerprint density at radius 3 is 2.63 bits per heavy atom. The lowest BCUT2D eigenvalue weighted by molar-refractivity contribution is -0.0381. The highest BCUT2D eigenvalue weighted by Gasteiger charge is 2.34. The Bertz CT molecular complexity index is 465. The second kappa shape index (κ2) is 5.04. The van der Waals surface area contributed by atoms with Crippen molar-refractivity contribution in [3.8, 4) is 11.5 Å². The van der Waals surface area contributed by atoms with Crippen molar-refractivity contribution < 1.29 is 14.6 Å². The molecule has 1 aliphatic heterocycles. The van der Waals surface area contributed by atoms with Crippen molar-refractivity contribution >= 4 is 0 Å². The van der Waals surface area contributed by atoms with Gasteiger partial charge in [0.25, 0.3) is 0 Å². The van der Waals surface area contributed by atoms with Crippen LogP contribution in [0, 0.1) is 6.92 Å². The molecule has 0 fully saturated rings. The molecule has 0 radical (unpaired) electrons. The van der Waals surface area contributed by atoms with E-state index in [1.54, 1.807) is 7.11 Å². The lowest BCUT2D eigenvalue weighted by atomic mass is 9.87. The summed E-state index contributed by atoms with van der Waals surface area (Å²) in [6.45, 7) is 8.06. The predicted molar refractivity (Wildman–Crippen MR) is 76.1 cm³/mol. The first-order valence-electron chi connectivity index (χ1n) is 6.90. The van der Waals surface area contributed by atoms with Crippen molar-refractivity contribution in [3.05, 3.63) is 23.3 Å². The SMILES string of the molecule is COc1cc2c(cc1C)OC(C)(C)[C@@H](O)CC[C@H]2C. The second-order valence-electron chi connectivity index (χ2n) is 6.06. The quantitative estimate of drug-likeness (QED) is 0.844. The van der Waals surface area contributed by atoms with Gasteiger partial charge in [0.05, 0.1) is 13.2 Å². The molecule has 0 aliphatic carbocycles. The third-order valence-electron chi connectivity index (χ3n) is 4.11. The summed E-state index contributed by atoms with van der Waals surface area (Å²) in [5, 5.41) is 10.2. The standard InChI is InChI=1S/C16H24O3/c1-10-6-7-15(17)16(3,4)19-14-8-11(2)13(18-5)9-12(10)14/h8-10,15,17H,6-7H2,1-5H3/t10-,15+/m1/s1. The Morgan fingerprint density at radius 1 is 1.32 bits per heavy atom. The lowest BCUT2D eigenvalue weighted by Crippen LogP contribution is -2.43. The normalized spacial score (nSPS) is 25.8. The van der Waals surface area contributed by atoms with Crippen LogP contribution < -0.4 is 9.47 Å². The number of aliphatic hydroxyl groups is 1. The van der Waals surface area contributed by atoms with Gasteiger partial charge in [-0.05, 0) is 57.2 Å². The van der Waals surface area contributed by atoms with Gasteiger partial charge in [0.1, 0.15) is 17.1 Å². The van der Waals surface area contributed by atoms with Gasteiger partial charge in [0.2, 0.25) is 0 Å². The van der Waals surface area contributed by atoms with E-state index in [9.17, 15) is 5.11 Å². The molecule has 0 unspecified atom stereocenters. The zero-order chi connectivity index (χ0) is 14.2. The molecule has 3 heteroatoms. The molecular formula is C16H24O3. The summed E-state index contributed by atoms with van der Waals surface area (Å²) in [6, 6.07) is 4.09. The van der Waals surface area contributed by atoms with Gasteiger partial charge in [-0.3, -0.25) is 0 Å². The second-order valence-corrected chi connectivity index (χ2v) is 6.06. The van der Waals surface area contributed by atoms with E-state index < -0.39 is 11.7 Å². The number of aryl methyl sites for hydroxylation is 1. The molecule has 3 nitrogen and oxygen atoms in total. The number of ether oxygens (including phenoxy) is 2. The average Bonchev–Trinajstić information content (AvgIpc) is 2.34. The van der Waals surface area contributed by atoms with Crippen LogP contribution in [0.5, 0.6) is 11.5 Å². The van der Waals surface area contributed by atoms with Crippen LogP contribution in [0.15, 0.2) is 12.1 Å². The highest BCUT2D eigenvalue weighted by atomic mass is 16.5. The maximum absolute atomic E-state index is 10.2. The fourth-order valence-corrected chi connectivity index (χ4v) is 2.63. The van der Waals surface area contributed by atoms with E-state index in [2.05, 4.69) is 13.0 Å². The molecule has 1 aliphatic rings. The summed E-state index contributed by atoms with van der Waals surface area (Å²) in [7, 11) is 1.69. The number of methoxy groups -OCH3 is 1. The fraction of sp³-hybridized carbons (Fsp3) is 0.625. The first kappa shape index (κ1) is 14.2. The smallest absolute Gasteiger partial charge is 0.129 e. The monoisotopic (exact) mass is 264 g/mol. The minimum Gasteiger partial charge on any atom is -0.496 e. The van der Waals surface area contributed by atoms with Gasteiger partial charge in [0.15, 0.2) is 0 Å². The maximum Gasteiger partial charge on any atom is 0.129 e. The van der Waals surface area contributed by atoms with Crippen molar-refractivity contribution in [1.82, 2.24) is 0 Å². The van der Waals surface area contributed by atoms with Gasteiger partial charge in [0, 0.05) is 5.56 Å². The van der Waals surface area contributed by atoms with Crippen LogP contribution >= 0.6 is 0 Å². The maximum atomic E-state index is 10.2. The first-order valence-corrected chi connectivity index (χ1v) is 6.90. The van der Waals surface area contributed by atoms with Crippen LogP contribution in [-0.4, -0.2) is 23.9 Å². The average molecular weight is 264 g/mol. The number of fused-ring (bicyclic) bond motifs is 1. The van der Waals surface area contributed by atoms with Crippen LogP contribution in [0.2, 0.25) is 0 Å². The van der Waals surface area contributed by atoms with Crippen LogP contribution in [0.4, 0.5) is 0 Å². The predicted octanol–water partition coefficient (Wildman–Crippen LogP) is 3.42. The van der Waals surface area contributed by atoms with Crippen molar-refractivity contribution in [3.63, 3.8) is 0 Å². The molecule has 1 aromatic rings. The molecule has 1 N–H and O–H groups in total. The topological polar surface area (TPSA) is 38.7 Å². The van der Waals surface area contributed by atoms with Gasteiger partial charge >= 0.3 is 0 Å². The Labute approximate surface area is 115 Å². The highest BCUT2D eigenvalue weighted by Crippen LogP contribution is 2.40. The van der Waals surface area contributed by atoms with Crippen molar-refractivity contribution in [2.24, 2.45) is 0 Å². The van der Waals surface area contributed by atoms with Crippen LogP contribution in [-0.2, 0) is 0 Å². The van der Waals surface area contributed by atoms with Crippen molar-refractivity contribution in [1.29, 1.82) is 0 Å². The Morgan fingerprint density at radius 2 is 2.00 bits per heavy atom. The summed E-state index contributed by atoms with van der Waals surface area (Å²) in [4.78, 5) is 0. The molecule has 106 valence electrons. The van der Waals surface area contributed by atoms with Crippen LogP contribution in [0.1, 0.15) is 50.7 Å². The third-order valence-corrected chi connectivity index (χ3v) is 4.11. The summed E-state index contributed by atoms with van der Waals surface area (Å²) in [6.07, 6.45) is 1.27. The molecule has 1 heterocycles. The van der Waals surface area contributed by atoms with E-state index in [4.69, 9.17) is 9.47 Å². The van der Waals surface area contributed by atoms with Gasteiger partial charge < -0.3 is 14.6 Å². The van der Waals surface area contributed by atoms with Crippen molar-refractivity contribution in [2.45, 2.75) is 58.2 Å². The Hall–Kier alpha value is -1.22. The van der Waals surface area contributed by atoms with Gasteiger partial charge in [-0.2, -0.15) is 0 Å². The Balaban J connectivity index is 2.50. The molecule has 0 saturated heterocycles. The molecular weight excluding hydrogens is 240 g/mol. The van der Waals surface area contributed by atoms with Gasteiger partial charge in [-0.15, -0.1) is 0 Å². The molecule has 0 aromatic heterocycles. The van der Waals surface area contributed by atoms with Crippen LogP contribution in [0.3, 0.4) is 0 Å². The van der Waals surface area contributed by atoms with E-state index in [0.717, 1.165) is 29.9 Å². The molecule has 0 saturated carbocycles. The number of rotatable bonds is 1. The minimum atomic E-state index is -0.560. The molecule has 2 atom stereocenters. The van der Waals surface area contributed by atoms with Crippen molar-refractivity contribution in [2.75, 3.05) is 7.11 Å². The summed E-state index contributed by atoms with van der Waals surface area (Å²) >= 11 is 0. The van der Waals surface area contributed by atoms with E-state index in [0.29, 0.717) is 5.92 Å². The number of hydrogen-bond acceptors (Lipinski definition) is 3. The Kier molecular flexibility index (Phi) is 3.77. The molecule has 2 rings (SSSR count). The van der Waals surface area contributed by atoms with E-state index in [1.807, 2.05) is 26.8 Å². The highest BCUT2D eigenvalue weighted by molar-refractivity contribution is 5.48. The fourth-order valence-electron chi connectivity index (χ4n) is 2.63. The molecule has 1 aromatic carbocycles. The largest absolute Gasteiger partial charge is 0.496 e. The van der Waals surface area contributed by atoms with E-state index >= 15 is 0 Å². The minimum absolute atomic E-state index is 0.357. The summed E-state index contributed by atoms with van der Waals surface area (Å²) < 4.78 is 11.5. The number of aliphatic hydroxyl groups excluding tert-OH is 1. The molecule has 19 heavy (non-hydrogen) atoms. The van der Waals surface area contributed by atoms with Crippen LogP contribution in [0.25, 0.3) is 0 Å². The van der Waals surface area contributed by atoms with E-state index in [-0.39, 0.29) is 0 Å². The third kappa shape index (κ3) is 2.71. The zero-order valence-corrected chi connectivity index (χ0v) is 12.5. The van der Waals surface area contributed by atoms with Gasteiger partial charge in [-0.25, -0.2) is 0 Å². The molecule has 0 bridgehead atoms. The summed E-state index contributed by atoms with van der Waals surface area (Å²) in [5.41, 5.74) is 1.66. The van der Waals surface area contributed by atoms with E-state index in [1.165, 1.54) is 5.56 Å². The molecule has 0 amide bonds. The first-order chi connectivity index (χ1) is 8.85.